The van der Waals surface area contributed by atoms with Gasteiger partial charge in [0, 0.05) is 30.3 Å². The first-order valence-corrected chi connectivity index (χ1v) is 7.26. The fourth-order valence-corrected chi connectivity index (χ4v) is 2.56. The van der Waals surface area contributed by atoms with Crippen LogP contribution in [0.4, 0.5) is 11.4 Å². The summed E-state index contributed by atoms with van der Waals surface area (Å²) in [6, 6.07) is 5.27. The number of hydrogen-bond acceptors (Lipinski definition) is 4. The van der Waals surface area contributed by atoms with E-state index in [1.807, 2.05) is 0 Å². The lowest BCUT2D eigenvalue weighted by atomic mass is 10.1. The van der Waals surface area contributed by atoms with Crippen LogP contribution in [0.2, 0.25) is 0 Å². The van der Waals surface area contributed by atoms with Gasteiger partial charge in [-0.15, -0.1) is 0 Å². The molecule has 1 aliphatic heterocycles. The average molecular weight is 305 g/mol. The zero-order valence-electron chi connectivity index (χ0n) is 12.6. The van der Waals surface area contributed by atoms with Crippen molar-refractivity contribution in [3.05, 3.63) is 34.4 Å². The third-order valence-corrected chi connectivity index (χ3v) is 3.66. The predicted molar refractivity (Wildman–Crippen MR) is 81.3 cm³/mol. The minimum absolute atomic E-state index is 0.0447. The van der Waals surface area contributed by atoms with Gasteiger partial charge < -0.3 is 10.2 Å². The molecule has 1 fully saturated rings. The molecule has 0 radical (unpaired) electrons. The fraction of sp³-hybridized carbons (Fsp3) is 0.467. The molecule has 118 valence electrons. The highest BCUT2D eigenvalue weighted by Gasteiger charge is 2.34. The summed E-state index contributed by atoms with van der Waals surface area (Å²) >= 11 is 0. The van der Waals surface area contributed by atoms with Gasteiger partial charge in [0.1, 0.15) is 6.04 Å². The summed E-state index contributed by atoms with van der Waals surface area (Å²) in [7, 11) is 0. The van der Waals surface area contributed by atoms with Crippen molar-refractivity contribution in [3.8, 4) is 0 Å². The highest BCUT2D eigenvalue weighted by atomic mass is 16.6. The summed E-state index contributed by atoms with van der Waals surface area (Å²) in [6.07, 6.45) is 1.39. The number of likely N-dealkylation sites (tertiary alicyclic amines) is 1. The van der Waals surface area contributed by atoms with E-state index in [2.05, 4.69) is 5.32 Å². The Morgan fingerprint density at radius 1 is 1.41 bits per heavy atom. The number of benzene rings is 1. The van der Waals surface area contributed by atoms with Crippen LogP contribution >= 0.6 is 0 Å². The summed E-state index contributed by atoms with van der Waals surface area (Å²) in [5, 5.41) is 13.4. The van der Waals surface area contributed by atoms with Crippen LogP contribution < -0.4 is 5.32 Å². The van der Waals surface area contributed by atoms with Gasteiger partial charge in [0.2, 0.25) is 11.8 Å². The number of amides is 2. The lowest BCUT2D eigenvalue weighted by Crippen LogP contribution is -2.44. The van der Waals surface area contributed by atoms with Crippen molar-refractivity contribution >= 4 is 23.2 Å². The normalized spacial score (nSPS) is 17.6. The van der Waals surface area contributed by atoms with Gasteiger partial charge in [0.05, 0.1) is 4.92 Å². The molecule has 0 saturated carbocycles. The van der Waals surface area contributed by atoms with Gasteiger partial charge in [0.15, 0.2) is 0 Å². The molecular formula is C15H19N3O4. The molecule has 1 heterocycles. The second-order valence-corrected chi connectivity index (χ2v) is 5.64. The second-order valence-electron chi connectivity index (χ2n) is 5.64. The highest BCUT2D eigenvalue weighted by Crippen LogP contribution is 2.22. The topological polar surface area (TPSA) is 92.6 Å². The number of rotatable bonds is 4. The number of anilines is 1. The molecule has 2 rings (SSSR count). The molecule has 0 aromatic heterocycles. The van der Waals surface area contributed by atoms with E-state index in [1.54, 1.807) is 24.8 Å². The Balaban J connectivity index is 2.10. The Morgan fingerprint density at radius 2 is 2.14 bits per heavy atom. The van der Waals surface area contributed by atoms with Crippen molar-refractivity contribution in [2.75, 3.05) is 11.9 Å². The molecular weight excluding hydrogens is 286 g/mol. The first kappa shape index (κ1) is 15.9. The smallest absolute Gasteiger partial charge is 0.271 e. The molecule has 22 heavy (non-hydrogen) atoms. The van der Waals surface area contributed by atoms with E-state index in [0.717, 1.165) is 6.42 Å². The molecule has 1 aliphatic rings. The second kappa shape index (κ2) is 6.55. The zero-order valence-corrected chi connectivity index (χ0v) is 12.6. The van der Waals surface area contributed by atoms with Crippen LogP contribution in [-0.4, -0.2) is 34.2 Å². The molecule has 1 aromatic rings. The molecule has 2 amide bonds. The van der Waals surface area contributed by atoms with E-state index in [0.29, 0.717) is 18.7 Å². The molecule has 0 bridgehead atoms. The highest BCUT2D eigenvalue weighted by molar-refractivity contribution is 5.97. The van der Waals surface area contributed by atoms with Crippen molar-refractivity contribution < 1.29 is 14.5 Å². The Hall–Kier alpha value is -2.44. The maximum absolute atomic E-state index is 12.4. The van der Waals surface area contributed by atoms with Gasteiger partial charge in [0.25, 0.3) is 5.69 Å². The Morgan fingerprint density at radius 3 is 2.77 bits per heavy atom. The lowest BCUT2D eigenvalue weighted by molar-refractivity contribution is -0.384. The molecule has 1 saturated heterocycles. The standard InChI is InChI=1S/C15H19N3O4/c1-10(2)15(20)17-8-4-7-13(17)14(19)16-11-5-3-6-12(9-11)18(21)22/h3,5-6,9-10,13H,4,7-8H2,1-2H3,(H,16,19)/t13-/m1/s1. The third-order valence-electron chi connectivity index (χ3n) is 3.66. The molecule has 7 heteroatoms. The number of carbonyl (C=O) groups excluding carboxylic acids is 2. The maximum atomic E-state index is 12.4. The number of nitro groups is 1. The van der Waals surface area contributed by atoms with Crippen molar-refractivity contribution in [2.24, 2.45) is 5.92 Å². The third kappa shape index (κ3) is 3.41. The largest absolute Gasteiger partial charge is 0.330 e. The summed E-state index contributed by atoms with van der Waals surface area (Å²) in [6.45, 7) is 4.18. The number of nitrogens with one attached hydrogen (secondary N) is 1. The molecule has 1 atom stereocenters. The van der Waals surface area contributed by atoms with Crippen molar-refractivity contribution in [1.29, 1.82) is 0 Å². The Bertz CT molecular complexity index is 600. The zero-order chi connectivity index (χ0) is 16.3. The quantitative estimate of drug-likeness (QED) is 0.681. The monoisotopic (exact) mass is 305 g/mol. The number of non-ortho nitro benzene ring substituents is 1. The Labute approximate surface area is 128 Å². The van der Waals surface area contributed by atoms with Crippen LogP contribution in [0.3, 0.4) is 0 Å². The maximum Gasteiger partial charge on any atom is 0.271 e. The lowest BCUT2D eigenvalue weighted by Gasteiger charge is -2.25. The summed E-state index contributed by atoms with van der Waals surface area (Å²) in [5.41, 5.74) is 0.280. The van der Waals surface area contributed by atoms with Crippen LogP contribution in [-0.2, 0) is 9.59 Å². The first-order valence-electron chi connectivity index (χ1n) is 7.26. The van der Waals surface area contributed by atoms with Gasteiger partial charge in [-0.05, 0) is 18.9 Å². The molecule has 0 unspecified atom stereocenters. The molecule has 1 aromatic carbocycles. The minimum atomic E-state index is -0.514. The van der Waals surface area contributed by atoms with E-state index >= 15 is 0 Å². The molecule has 0 aliphatic carbocycles. The van der Waals surface area contributed by atoms with E-state index in [1.165, 1.54) is 18.2 Å². The minimum Gasteiger partial charge on any atom is -0.330 e. The van der Waals surface area contributed by atoms with Gasteiger partial charge in [-0.25, -0.2) is 0 Å². The molecule has 1 N–H and O–H groups in total. The average Bonchev–Trinajstić information content (AvgIpc) is 2.95. The van der Waals surface area contributed by atoms with Crippen LogP contribution in [0.25, 0.3) is 0 Å². The van der Waals surface area contributed by atoms with Crippen LogP contribution in [0, 0.1) is 16.0 Å². The van der Waals surface area contributed by atoms with Gasteiger partial charge >= 0.3 is 0 Å². The summed E-state index contributed by atoms with van der Waals surface area (Å²) in [5.74, 6) is -0.505. The van der Waals surface area contributed by atoms with E-state index in [4.69, 9.17) is 0 Å². The number of nitrogens with zero attached hydrogens (tertiary/aromatic N) is 2. The summed E-state index contributed by atoms with van der Waals surface area (Å²) in [4.78, 5) is 36.3. The van der Waals surface area contributed by atoms with Crippen molar-refractivity contribution in [1.82, 2.24) is 4.90 Å². The van der Waals surface area contributed by atoms with E-state index in [9.17, 15) is 19.7 Å². The van der Waals surface area contributed by atoms with Gasteiger partial charge in [-0.3, -0.25) is 19.7 Å². The summed E-state index contributed by atoms with van der Waals surface area (Å²) < 4.78 is 0. The van der Waals surface area contributed by atoms with Crippen molar-refractivity contribution in [3.63, 3.8) is 0 Å². The van der Waals surface area contributed by atoms with Gasteiger partial charge in [-0.2, -0.15) is 0 Å². The fourth-order valence-electron chi connectivity index (χ4n) is 2.56. The van der Waals surface area contributed by atoms with E-state index < -0.39 is 11.0 Å². The van der Waals surface area contributed by atoms with Crippen LogP contribution in [0.5, 0.6) is 0 Å². The van der Waals surface area contributed by atoms with Gasteiger partial charge in [-0.1, -0.05) is 19.9 Å². The Kier molecular flexibility index (Phi) is 4.75. The van der Waals surface area contributed by atoms with Crippen LogP contribution in [0.1, 0.15) is 26.7 Å². The number of hydrogen-bond donors (Lipinski definition) is 1. The van der Waals surface area contributed by atoms with Crippen molar-refractivity contribution in [2.45, 2.75) is 32.7 Å². The number of nitro benzene ring substituents is 1. The number of carbonyl (C=O) groups is 2. The van der Waals surface area contributed by atoms with E-state index in [-0.39, 0.29) is 23.4 Å². The molecule has 0 spiro atoms. The first-order chi connectivity index (χ1) is 10.4. The predicted octanol–water partition coefficient (Wildman–Crippen LogP) is 2.18. The van der Waals surface area contributed by atoms with Crippen LogP contribution in [0.15, 0.2) is 24.3 Å². The SMILES string of the molecule is CC(C)C(=O)N1CCC[C@@H]1C(=O)Nc1cccc([N+](=O)[O-])c1. The molecule has 7 nitrogen and oxygen atoms in total.